The van der Waals surface area contributed by atoms with Crippen LogP contribution in [0.1, 0.15) is 219 Å². The highest BCUT2D eigenvalue weighted by atomic mass is 31.2. The molecule has 0 aliphatic heterocycles. The Kier molecular flexibility index (Phi) is 40.3. The molecule has 0 saturated carbocycles. The van der Waals surface area contributed by atoms with Crippen molar-refractivity contribution < 1.29 is 33.5 Å². The molecule has 0 aliphatic carbocycles. The maximum atomic E-state index is 12.8. The van der Waals surface area contributed by atoms with Crippen molar-refractivity contribution in [2.24, 2.45) is 5.73 Å². The van der Waals surface area contributed by atoms with Gasteiger partial charge in [0, 0.05) is 6.54 Å². The second-order valence-corrected chi connectivity index (χ2v) is 17.3. The summed E-state index contributed by atoms with van der Waals surface area (Å²) in [5.41, 5.74) is 5.37. The van der Waals surface area contributed by atoms with Crippen molar-refractivity contribution in [1.82, 2.24) is 5.32 Å². The van der Waals surface area contributed by atoms with Crippen LogP contribution in [0.5, 0.6) is 0 Å². The molecule has 0 aromatic carbocycles. The van der Waals surface area contributed by atoms with Crippen LogP contribution in [0.25, 0.3) is 0 Å². The van der Waals surface area contributed by atoms with Gasteiger partial charge in [0.2, 0.25) is 5.91 Å². The first-order valence-corrected chi connectivity index (χ1v) is 24.5. The van der Waals surface area contributed by atoms with Gasteiger partial charge in [0.1, 0.15) is 0 Å². The number of phosphoric ester groups is 1. The first-order chi connectivity index (χ1) is 26.8. The van der Waals surface area contributed by atoms with E-state index >= 15 is 0 Å². The summed E-state index contributed by atoms with van der Waals surface area (Å²) in [5, 5.41) is 24.1. The molecule has 10 heteroatoms. The third-order valence-corrected chi connectivity index (χ3v) is 11.3. The fourth-order valence-electron chi connectivity index (χ4n) is 6.82. The van der Waals surface area contributed by atoms with Gasteiger partial charge in [-0.3, -0.25) is 13.8 Å². The fourth-order valence-corrected chi connectivity index (χ4v) is 7.58. The highest BCUT2D eigenvalue weighted by Gasteiger charge is 2.27. The summed E-state index contributed by atoms with van der Waals surface area (Å²) in [7, 11) is -4.40. The second-order valence-electron chi connectivity index (χ2n) is 15.8. The molecule has 55 heavy (non-hydrogen) atoms. The third-order valence-electron chi connectivity index (χ3n) is 10.3. The van der Waals surface area contributed by atoms with Crippen molar-refractivity contribution in [3.8, 4) is 0 Å². The van der Waals surface area contributed by atoms with Crippen LogP contribution in [0.2, 0.25) is 0 Å². The molecule has 0 heterocycles. The number of aliphatic hydroxyl groups is 2. The summed E-state index contributed by atoms with van der Waals surface area (Å²) < 4.78 is 22.1. The maximum Gasteiger partial charge on any atom is 0.472 e. The van der Waals surface area contributed by atoms with Crippen molar-refractivity contribution in [3.63, 3.8) is 0 Å². The lowest BCUT2D eigenvalue weighted by molar-refractivity contribution is -0.124. The number of phosphoric acid groups is 1. The summed E-state index contributed by atoms with van der Waals surface area (Å²) in [5.74, 6) is -0.449. The van der Waals surface area contributed by atoms with E-state index in [1.54, 1.807) is 6.08 Å². The minimum Gasteiger partial charge on any atom is -0.393 e. The minimum atomic E-state index is -4.40. The van der Waals surface area contributed by atoms with E-state index in [2.05, 4.69) is 31.3 Å². The largest absolute Gasteiger partial charge is 0.472 e. The second kappa shape index (κ2) is 41.1. The Morgan fingerprint density at radius 3 is 1.45 bits per heavy atom. The summed E-state index contributed by atoms with van der Waals surface area (Å²) >= 11 is 0. The van der Waals surface area contributed by atoms with E-state index in [0.717, 1.165) is 51.4 Å². The van der Waals surface area contributed by atoms with Gasteiger partial charge in [0.25, 0.3) is 0 Å². The van der Waals surface area contributed by atoms with Gasteiger partial charge < -0.3 is 26.2 Å². The number of amides is 1. The van der Waals surface area contributed by atoms with Crippen LogP contribution in [0.4, 0.5) is 0 Å². The highest BCUT2D eigenvalue weighted by molar-refractivity contribution is 7.47. The van der Waals surface area contributed by atoms with E-state index in [9.17, 15) is 24.5 Å². The first-order valence-electron chi connectivity index (χ1n) is 23.0. The van der Waals surface area contributed by atoms with Crippen molar-refractivity contribution in [2.75, 3.05) is 19.8 Å². The van der Waals surface area contributed by atoms with Gasteiger partial charge in [-0.25, -0.2) is 4.57 Å². The molecule has 4 atom stereocenters. The molecular weight excluding hydrogens is 711 g/mol. The molecule has 0 saturated heterocycles. The summed E-state index contributed by atoms with van der Waals surface area (Å²) in [6, 6.07) is -0.983. The average molecular weight is 801 g/mol. The monoisotopic (exact) mass is 801 g/mol. The van der Waals surface area contributed by atoms with Gasteiger partial charge in [-0.15, -0.1) is 0 Å². The van der Waals surface area contributed by atoms with E-state index < -0.39 is 38.6 Å². The van der Waals surface area contributed by atoms with Crippen molar-refractivity contribution >= 4 is 13.7 Å². The zero-order chi connectivity index (χ0) is 40.5. The summed E-state index contributed by atoms with van der Waals surface area (Å²) in [6.45, 7) is 3.98. The van der Waals surface area contributed by atoms with Crippen molar-refractivity contribution in [3.05, 3.63) is 24.3 Å². The van der Waals surface area contributed by atoms with Crippen LogP contribution in [0.3, 0.4) is 0 Å². The molecule has 0 aliphatic rings. The Balaban J connectivity index is 4.30. The van der Waals surface area contributed by atoms with Crippen LogP contribution in [0.15, 0.2) is 24.3 Å². The molecule has 0 bridgehead atoms. The van der Waals surface area contributed by atoms with Gasteiger partial charge in [-0.1, -0.05) is 192 Å². The molecule has 0 aromatic rings. The number of nitrogens with one attached hydrogen (secondary N) is 1. The number of aliphatic hydroxyl groups excluding tert-OH is 2. The van der Waals surface area contributed by atoms with E-state index in [4.69, 9.17) is 14.8 Å². The molecule has 0 spiro atoms. The van der Waals surface area contributed by atoms with Crippen LogP contribution in [-0.4, -0.2) is 59.0 Å². The summed E-state index contributed by atoms with van der Waals surface area (Å²) in [4.78, 5) is 22.8. The number of allylic oxidation sites excluding steroid dienone is 3. The van der Waals surface area contributed by atoms with Crippen molar-refractivity contribution in [2.45, 2.75) is 238 Å². The number of carbonyl (C=O) groups excluding carboxylic acids is 1. The SMILES string of the molecule is CCCCCCCC/C=C\CCCCCCCC(O)CC(=O)NC(COP(=O)(O)OCCN)C(O)/C=C/CCCCCCCCCCCCCCCCCC. The normalized spacial score (nSPS) is 14.8. The maximum absolute atomic E-state index is 12.8. The number of rotatable bonds is 43. The average Bonchev–Trinajstić information content (AvgIpc) is 3.16. The minimum absolute atomic E-state index is 0.0490. The Hall–Kier alpha value is -1.06. The standard InChI is InChI=1S/C45H89N2O7P/c1-3-5-7-9-11-13-15-17-19-20-21-23-25-27-29-31-33-35-37-44(49)43(41-54-55(51,52)53-39-38-46)47-45(50)40-42(48)36-34-32-30-28-26-24-22-18-16-14-12-10-8-6-4-2/h18,22,35,37,42-44,48-49H,3-17,19-21,23-34,36,38-41,46H2,1-2H3,(H,47,50)(H,51,52)/b22-18-,37-35+. The summed E-state index contributed by atoms with van der Waals surface area (Å²) in [6.07, 6.45) is 44.0. The molecule has 0 fully saturated rings. The first kappa shape index (κ1) is 53.9. The van der Waals surface area contributed by atoms with Gasteiger partial charge in [-0.05, 0) is 44.9 Å². The zero-order valence-corrected chi connectivity index (χ0v) is 36.7. The van der Waals surface area contributed by atoms with Crippen LogP contribution in [-0.2, 0) is 18.4 Å². The zero-order valence-electron chi connectivity index (χ0n) is 35.8. The van der Waals surface area contributed by atoms with Gasteiger partial charge >= 0.3 is 7.82 Å². The highest BCUT2D eigenvalue weighted by Crippen LogP contribution is 2.43. The molecule has 0 radical (unpaired) electrons. The number of hydrogen-bond acceptors (Lipinski definition) is 7. The van der Waals surface area contributed by atoms with Crippen LogP contribution < -0.4 is 11.1 Å². The lowest BCUT2D eigenvalue weighted by Gasteiger charge is -2.24. The molecule has 0 aromatic heterocycles. The molecule has 4 unspecified atom stereocenters. The molecule has 0 rings (SSSR count). The molecule has 1 amide bonds. The topological polar surface area (TPSA) is 151 Å². The number of unbranched alkanes of at least 4 members (excludes halogenated alkanes) is 27. The lowest BCUT2D eigenvalue weighted by Crippen LogP contribution is -2.46. The molecule has 326 valence electrons. The Morgan fingerprint density at radius 1 is 0.618 bits per heavy atom. The van der Waals surface area contributed by atoms with Crippen LogP contribution >= 0.6 is 7.82 Å². The number of hydrogen-bond donors (Lipinski definition) is 5. The van der Waals surface area contributed by atoms with Crippen LogP contribution in [0, 0.1) is 0 Å². The molecule has 6 N–H and O–H groups in total. The smallest absolute Gasteiger partial charge is 0.393 e. The number of carbonyl (C=O) groups is 1. The Morgan fingerprint density at radius 2 is 1.02 bits per heavy atom. The lowest BCUT2D eigenvalue weighted by atomic mass is 10.0. The van der Waals surface area contributed by atoms with E-state index in [1.807, 2.05) is 6.08 Å². The van der Waals surface area contributed by atoms with Crippen molar-refractivity contribution in [1.29, 1.82) is 0 Å². The van der Waals surface area contributed by atoms with E-state index in [0.29, 0.717) is 6.42 Å². The predicted octanol–water partition coefficient (Wildman–Crippen LogP) is 11.9. The Bertz CT molecular complexity index is 935. The molecule has 9 nitrogen and oxygen atoms in total. The van der Waals surface area contributed by atoms with Gasteiger partial charge in [0.05, 0.1) is 37.9 Å². The molecular formula is C45H89N2O7P. The van der Waals surface area contributed by atoms with Gasteiger partial charge in [-0.2, -0.15) is 0 Å². The van der Waals surface area contributed by atoms with Gasteiger partial charge in [0.15, 0.2) is 0 Å². The predicted molar refractivity (Wildman–Crippen MR) is 232 cm³/mol. The quantitative estimate of drug-likeness (QED) is 0.0232. The van der Waals surface area contributed by atoms with E-state index in [-0.39, 0.29) is 19.6 Å². The fraction of sp³-hybridized carbons (Fsp3) is 0.889. The Labute approximate surface area is 339 Å². The van der Waals surface area contributed by atoms with E-state index in [1.165, 1.54) is 141 Å². The third kappa shape index (κ3) is 39.5. The number of nitrogens with two attached hydrogens (primary N) is 1.